The number of carbonyl (C=O) groups excluding carboxylic acids is 2. The summed E-state index contributed by atoms with van der Waals surface area (Å²) in [7, 11) is 0. The van der Waals surface area contributed by atoms with Gasteiger partial charge in [-0.05, 0) is 107 Å². The lowest BCUT2D eigenvalue weighted by Gasteiger charge is -2.37. The van der Waals surface area contributed by atoms with Crippen molar-refractivity contribution in [2.75, 3.05) is 36.8 Å². The highest BCUT2D eigenvalue weighted by Crippen LogP contribution is 2.34. The van der Waals surface area contributed by atoms with Crippen LogP contribution in [0.4, 0.5) is 11.4 Å². The molecule has 280 valence electrons. The molecule has 0 spiro atoms. The maximum Gasteiger partial charge on any atom is 0.258 e. The molecule has 2 amide bonds. The Morgan fingerprint density at radius 3 is 1.69 bits per heavy atom. The molecule has 54 heavy (non-hydrogen) atoms. The van der Waals surface area contributed by atoms with Gasteiger partial charge in [-0.25, -0.2) is 0 Å². The third-order valence-electron chi connectivity index (χ3n) is 10.8. The zero-order valence-corrected chi connectivity index (χ0v) is 31.8. The van der Waals surface area contributed by atoms with E-state index < -0.39 is 0 Å². The number of rotatable bonds is 8. The van der Waals surface area contributed by atoms with Gasteiger partial charge in [0.1, 0.15) is 12.5 Å². The Bertz CT molecular complexity index is 2280. The van der Waals surface area contributed by atoms with E-state index in [0.717, 1.165) is 72.2 Å². The molecule has 6 aromatic rings. The van der Waals surface area contributed by atoms with E-state index in [9.17, 15) is 9.59 Å². The first kappa shape index (κ1) is 36.8. The maximum atomic E-state index is 12.3. The van der Waals surface area contributed by atoms with Crippen LogP contribution in [0.3, 0.4) is 0 Å². The molecule has 10 nitrogen and oxygen atoms in total. The van der Waals surface area contributed by atoms with E-state index in [1.807, 2.05) is 36.4 Å². The lowest BCUT2D eigenvalue weighted by Crippen LogP contribution is -2.43. The number of nitrogens with one attached hydrogen (secondary N) is 4. The summed E-state index contributed by atoms with van der Waals surface area (Å²) in [6.45, 7) is 15.4. The Balaban J connectivity index is 0.000000167. The quantitative estimate of drug-likeness (QED) is 0.124. The van der Waals surface area contributed by atoms with Gasteiger partial charge in [0.05, 0.1) is 23.7 Å². The minimum absolute atomic E-state index is 0.165. The van der Waals surface area contributed by atoms with Crippen LogP contribution in [-0.4, -0.2) is 69.3 Å². The summed E-state index contributed by atoms with van der Waals surface area (Å²) in [5.74, 6) is -0.334. The predicted molar refractivity (Wildman–Crippen MR) is 218 cm³/mol. The second kappa shape index (κ2) is 15.8. The largest absolute Gasteiger partial charge is 0.472 e. The molecular formula is C44H50N6O4. The van der Waals surface area contributed by atoms with Crippen LogP contribution >= 0.6 is 0 Å². The minimum Gasteiger partial charge on any atom is -0.472 e. The number of benzene rings is 2. The molecular weight excluding hydrogens is 677 g/mol. The Labute approximate surface area is 316 Å². The van der Waals surface area contributed by atoms with Crippen LogP contribution in [0.1, 0.15) is 85.7 Å². The van der Waals surface area contributed by atoms with E-state index in [1.165, 1.54) is 53.7 Å². The van der Waals surface area contributed by atoms with Crippen LogP contribution in [-0.2, 0) is 0 Å². The molecule has 1 unspecified atom stereocenters. The summed E-state index contributed by atoms with van der Waals surface area (Å²) in [4.78, 5) is 36.3. The first-order valence-corrected chi connectivity index (χ1v) is 18.8. The normalized spacial score (nSPS) is 16.0. The number of fused-ring (bicyclic) bond motifs is 2. The van der Waals surface area contributed by atoms with Crippen molar-refractivity contribution in [2.45, 2.75) is 65.5 Å². The monoisotopic (exact) mass is 726 g/mol. The number of aromatic amines is 2. The Kier molecular flexibility index (Phi) is 10.8. The summed E-state index contributed by atoms with van der Waals surface area (Å²) in [5, 5.41) is 8.16. The molecule has 0 radical (unpaired) electrons. The molecule has 8 rings (SSSR count). The lowest BCUT2D eigenvalue weighted by molar-refractivity contribution is 0.101. The smallest absolute Gasteiger partial charge is 0.258 e. The van der Waals surface area contributed by atoms with Crippen molar-refractivity contribution >= 4 is 56.1 Å². The Morgan fingerprint density at radius 1 is 0.759 bits per heavy atom. The van der Waals surface area contributed by atoms with Gasteiger partial charge < -0.3 is 29.4 Å². The van der Waals surface area contributed by atoms with E-state index in [0.29, 0.717) is 17.2 Å². The average Bonchev–Trinajstić information content (AvgIpc) is 4.02. The van der Waals surface area contributed by atoms with Crippen molar-refractivity contribution in [1.82, 2.24) is 19.8 Å². The van der Waals surface area contributed by atoms with E-state index in [4.69, 9.17) is 8.83 Å². The fourth-order valence-electron chi connectivity index (χ4n) is 7.23. The summed E-state index contributed by atoms with van der Waals surface area (Å²) in [6.07, 6.45) is 18.0. The average molecular weight is 727 g/mol. The number of furan rings is 2. The molecule has 4 N–H and O–H groups in total. The SMILES string of the molecule is CC(C)(C)N1CC=C(c2c[nH]c3ccc(NC(=O)c4ccoc4)cc23)CC1.CCC(C)N1CC=C(c2c[nH]c3ccc(NC(=O)c4ccoc4)cc23)CC1. The summed E-state index contributed by atoms with van der Waals surface area (Å²) in [5.41, 5.74) is 10.1. The molecule has 2 aliphatic heterocycles. The zero-order valence-electron chi connectivity index (χ0n) is 31.8. The van der Waals surface area contributed by atoms with Crippen LogP contribution in [0.2, 0.25) is 0 Å². The van der Waals surface area contributed by atoms with Crippen molar-refractivity contribution in [3.05, 3.63) is 120 Å². The van der Waals surface area contributed by atoms with E-state index in [1.54, 1.807) is 12.1 Å². The number of hydrogen-bond acceptors (Lipinski definition) is 6. The molecule has 2 aromatic carbocycles. The molecule has 6 heterocycles. The molecule has 0 aliphatic carbocycles. The summed E-state index contributed by atoms with van der Waals surface area (Å²) >= 11 is 0. The Hall–Kier alpha value is -5.58. The molecule has 0 bridgehead atoms. The van der Waals surface area contributed by atoms with Gasteiger partial charge in [-0.15, -0.1) is 0 Å². The van der Waals surface area contributed by atoms with E-state index in [2.05, 4.69) is 89.6 Å². The second-order valence-electron chi connectivity index (χ2n) is 15.2. The lowest BCUT2D eigenvalue weighted by atomic mass is 9.95. The molecule has 10 heteroatoms. The second-order valence-corrected chi connectivity index (χ2v) is 15.2. The summed E-state index contributed by atoms with van der Waals surface area (Å²) in [6, 6.07) is 15.9. The van der Waals surface area contributed by atoms with E-state index in [-0.39, 0.29) is 17.4 Å². The van der Waals surface area contributed by atoms with Gasteiger partial charge in [0, 0.05) is 94.5 Å². The maximum absolute atomic E-state index is 12.3. The third-order valence-corrected chi connectivity index (χ3v) is 10.8. The third kappa shape index (κ3) is 8.15. The van der Waals surface area contributed by atoms with Gasteiger partial charge in [0.2, 0.25) is 0 Å². The summed E-state index contributed by atoms with van der Waals surface area (Å²) < 4.78 is 9.97. The van der Waals surface area contributed by atoms with E-state index >= 15 is 0 Å². The van der Waals surface area contributed by atoms with Crippen LogP contribution in [0, 0.1) is 0 Å². The molecule has 1 atom stereocenters. The number of H-pyrrole nitrogens is 2. The number of amides is 2. The fraction of sp³-hybridized carbons (Fsp3) is 0.318. The number of aromatic nitrogens is 2. The number of hydrogen-bond donors (Lipinski definition) is 4. The van der Waals surface area contributed by atoms with Crippen LogP contribution < -0.4 is 10.6 Å². The van der Waals surface area contributed by atoms with Crippen molar-refractivity contribution in [1.29, 1.82) is 0 Å². The number of carbonyl (C=O) groups is 2. The van der Waals surface area contributed by atoms with Gasteiger partial charge in [-0.3, -0.25) is 19.4 Å². The van der Waals surface area contributed by atoms with Crippen LogP contribution in [0.15, 0.2) is 107 Å². The highest BCUT2D eigenvalue weighted by Gasteiger charge is 2.24. The van der Waals surface area contributed by atoms with Gasteiger partial charge in [0.15, 0.2) is 0 Å². The highest BCUT2D eigenvalue weighted by atomic mass is 16.3. The van der Waals surface area contributed by atoms with Crippen LogP contribution in [0.5, 0.6) is 0 Å². The first-order valence-electron chi connectivity index (χ1n) is 18.8. The molecule has 4 aromatic heterocycles. The minimum atomic E-state index is -0.169. The number of anilines is 2. The van der Waals surface area contributed by atoms with Gasteiger partial charge >= 0.3 is 0 Å². The zero-order chi connectivity index (χ0) is 37.8. The van der Waals surface area contributed by atoms with Gasteiger partial charge in [-0.2, -0.15) is 0 Å². The predicted octanol–water partition coefficient (Wildman–Crippen LogP) is 9.80. The number of nitrogens with zero attached hydrogens (tertiary/aromatic N) is 2. The standard InChI is InChI=1S/2C22H25N3O2/c1-22(2,3)25-9-6-15(7-10-25)19-13-23-20-5-4-17(12-18(19)20)24-21(26)16-8-11-27-14-16;1-3-15(2)25-9-6-16(7-10-25)20-13-23-21-5-4-18(12-19(20)21)24-22(26)17-8-11-27-14-17/h4-6,8,11-14,23H,7,9-10H2,1-3H3,(H,24,26);4-6,8,11-15,23H,3,7,9-10H2,1-2H3,(H,24,26). The van der Waals surface area contributed by atoms with Crippen LogP contribution in [0.25, 0.3) is 33.0 Å². The van der Waals surface area contributed by atoms with Crippen molar-refractivity contribution in [3.8, 4) is 0 Å². The fourth-order valence-corrected chi connectivity index (χ4v) is 7.23. The van der Waals surface area contributed by atoms with Gasteiger partial charge in [0.25, 0.3) is 11.8 Å². The first-order chi connectivity index (χ1) is 26.1. The topological polar surface area (TPSA) is 123 Å². The van der Waals surface area contributed by atoms with Crippen molar-refractivity contribution in [2.24, 2.45) is 0 Å². The van der Waals surface area contributed by atoms with Crippen molar-refractivity contribution in [3.63, 3.8) is 0 Å². The molecule has 0 saturated carbocycles. The van der Waals surface area contributed by atoms with Gasteiger partial charge in [-0.1, -0.05) is 19.1 Å². The molecule has 2 aliphatic rings. The highest BCUT2D eigenvalue weighted by molar-refractivity contribution is 6.06. The van der Waals surface area contributed by atoms with Crippen molar-refractivity contribution < 1.29 is 18.4 Å². The molecule has 0 saturated heterocycles. The molecule has 0 fully saturated rings. The Morgan fingerprint density at radius 2 is 1.28 bits per heavy atom.